The standard InChI is InChI=1S/C16H32O2Si/c1-15(2,3)13-7-9-16(10-8-13)17-11-14(12-18-16)19(4,5)6/h13-14H,7-12H2,1-6H3. The molecule has 1 saturated heterocycles. The van der Waals surface area contributed by atoms with Crippen molar-refractivity contribution in [1.29, 1.82) is 0 Å². The first kappa shape index (κ1) is 15.5. The molecule has 112 valence electrons. The van der Waals surface area contributed by atoms with E-state index in [2.05, 4.69) is 40.4 Å². The molecule has 19 heavy (non-hydrogen) atoms. The molecule has 2 nitrogen and oxygen atoms in total. The van der Waals surface area contributed by atoms with Crippen LogP contribution in [0.2, 0.25) is 25.2 Å². The third-order valence-corrected chi connectivity index (χ3v) is 8.07. The van der Waals surface area contributed by atoms with Crippen molar-refractivity contribution in [3.63, 3.8) is 0 Å². The van der Waals surface area contributed by atoms with Crippen molar-refractivity contribution in [2.45, 2.75) is 77.4 Å². The van der Waals surface area contributed by atoms with Gasteiger partial charge in [0.1, 0.15) is 0 Å². The maximum Gasteiger partial charge on any atom is 0.168 e. The molecule has 1 aliphatic heterocycles. The second-order valence-electron chi connectivity index (χ2n) is 8.74. The Morgan fingerprint density at radius 2 is 1.42 bits per heavy atom. The fourth-order valence-corrected chi connectivity index (χ4v) is 4.47. The first-order valence-corrected chi connectivity index (χ1v) is 11.5. The highest BCUT2D eigenvalue weighted by atomic mass is 28.3. The Labute approximate surface area is 120 Å². The van der Waals surface area contributed by atoms with Crippen LogP contribution in [-0.4, -0.2) is 27.1 Å². The minimum Gasteiger partial charge on any atom is -0.350 e. The first-order valence-electron chi connectivity index (χ1n) is 7.90. The summed E-state index contributed by atoms with van der Waals surface area (Å²) < 4.78 is 12.4. The lowest BCUT2D eigenvalue weighted by molar-refractivity contribution is -0.285. The van der Waals surface area contributed by atoms with Crippen LogP contribution in [0.1, 0.15) is 46.5 Å². The van der Waals surface area contributed by atoms with Crippen molar-refractivity contribution >= 4 is 8.07 Å². The monoisotopic (exact) mass is 284 g/mol. The van der Waals surface area contributed by atoms with Crippen LogP contribution in [0.3, 0.4) is 0 Å². The second kappa shape index (κ2) is 5.16. The number of hydrogen-bond donors (Lipinski definition) is 0. The molecule has 3 heteroatoms. The SMILES string of the molecule is CC(C)(C)C1CCC2(CC1)OCC([Si](C)(C)C)CO2. The van der Waals surface area contributed by atoms with Crippen molar-refractivity contribution < 1.29 is 9.47 Å². The van der Waals surface area contributed by atoms with Gasteiger partial charge in [-0.05, 0) is 24.2 Å². The van der Waals surface area contributed by atoms with Crippen LogP contribution in [-0.2, 0) is 9.47 Å². The lowest BCUT2D eigenvalue weighted by atomic mass is 9.71. The molecule has 0 radical (unpaired) electrons. The highest BCUT2D eigenvalue weighted by Gasteiger charge is 2.45. The Morgan fingerprint density at radius 1 is 0.947 bits per heavy atom. The summed E-state index contributed by atoms with van der Waals surface area (Å²) in [6.07, 6.45) is 4.68. The van der Waals surface area contributed by atoms with Crippen molar-refractivity contribution in [1.82, 2.24) is 0 Å². The Kier molecular flexibility index (Phi) is 4.21. The van der Waals surface area contributed by atoms with Gasteiger partial charge < -0.3 is 9.47 Å². The third kappa shape index (κ3) is 3.62. The van der Waals surface area contributed by atoms with Crippen LogP contribution in [0.5, 0.6) is 0 Å². The topological polar surface area (TPSA) is 18.5 Å². The highest BCUT2D eigenvalue weighted by Crippen LogP contribution is 2.45. The molecule has 0 aromatic rings. The zero-order valence-corrected chi connectivity index (χ0v) is 14.7. The van der Waals surface area contributed by atoms with Gasteiger partial charge in [-0.3, -0.25) is 0 Å². The van der Waals surface area contributed by atoms with Crippen molar-refractivity contribution in [3.05, 3.63) is 0 Å². The summed E-state index contributed by atoms with van der Waals surface area (Å²) >= 11 is 0. The molecule has 0 aromatic heterocycles. The molecule has 2 fully saturated rings. The van der Waals surface area contributed by atoms with E-state index in [0.717, 1.165) is 32.0 Å². The lowest BCUT2D eigenvalue weighted by Gasteiger charge is -2.48. The van der Waals surface area contributed by atoms with Crippen LogP contribution >= 0.6 is 0 Å². The van der Waals surface area contributed by atoms with Gasteiger partial charge in [0.15, 0.2) is 5.79 Å². The van der Waals surface area contributed by atoms with E-state index in [1.165, 1.54) is 12.8 Å². The molecular weight excluding hydrogens is 252 g/mol. The summed E-state index contributed by atoms with van der Waals surface area (Å²) in [4.78, 5) is 0. The Balaban J connectivity index is 1.88. The van der Waals surface area contributed by atoms with Gasteiger partial charge in [-0.15, -0.1) is 0 Å². The quantitative estimate of drug-likeness (QED) is 0.651. The molecule has 1 aliphatic carbocycles. The Bertz CT molecular complexity index is 262. The van der Waals surface area contributed by atoms with Gasteiger partial charge in [0.05, 0.1) is 21.3 Å². The van der Waals surface area contributed by atoms with E-state index in [1.807, 2.05) is 0 Å². The molecule has 2 aliphatic rings. The van der Waals surface area contributed by atoms with Gasteiger partial charge in [0, 0.05) is 18.4 Å². The van der Waals surface area contributed by atoms with Crippen molar-refractivity contribution in [3.8, 4) is 0 Å². The molecule has 0 N–H and O–H groups in total. The van der Waals surface area contributed by atoms with E-state index in [9.17, 15) is 0 Å². The minimum atomic E-state index is -1.13. The fourth-order valence-electron chi connectivity index (χ4n) is 3.31. The summed E-state index contributed by atoms with van der Waals surface area (Å²) in [6, 6.07) is 0. The third-order valence-electron chi connectivity index (χ3n) is 5.29. The maximum atomic E-state index is 6.22. The largest absolute Gasteiger partial charge is 0.350 e. The summed E-state index contributed by atoms with van der Waals surface area (Å²) in [7, 11) is -1.13. The van der Waals surface area contributed by atoms with Gasteiger partial charge in [0.25, 0.3) is 0 Å². The van der Waals surface area contributed by atoms with E-state index >= 15 is 0 Å². The molecule has 0 amide bonds. The Hall–Kier alpha value is 0.137. The normalized spacial score (nSPS) is 37.6. The van der Waals surface area contributed by atoms with Crippen LogP contribution in [0, 0.1) is 11.3 Å². The number of rotatable bonds is 1. The average molecular weight is 285 g/mol. The summed E-state index contributed by atoms with van der Waals surface area (Å²) in [6.45, 7) is 16.2. The zero-order chi connectivity index (χ0) is 14.3. The first-order chi connectivity index (χ1) is 8.62. The smallest absolute Gasteiger partial charge is 0.168 e. The number of ether oxygens (including phenoxy) is 2. The minimum absolute atomic E-state index is 0.224. The highest BCUT2D eigenvalue weighted by molar-refractivity contribution is 6.77. The van der Waals surface area contributed by atoms with Gasteiger partial charge in [-0.25, -0.2) is 0 Å². The fraction of sp³-hybridized carbons (Fsp3) is 1.00. The molecule has 0 atom stereocenters. The molecular formula is C16H32O2Si. The molecule has 2 rings (SSSR count). The van der Waals surface area contributed by atoms with E-state index in [4.69, 9.17) is 9.47 Å². The van der Waals surface area contributed by atoms with Crippen LogP contribution in [0.4, 0.5) is 0 Å². The molecule has 0 unspecified atom stereocenters. The maximum absolute atomic E-state index is 6.22. The van der Waals surface area contributed by atoms with Crippen LogP contribution in [0.15, 0.2) is 0 Å². The molecule has 1 saturated carbocycles. The van der Waals surface area contributed by atoms with E-state index in [-0.39, 0.29) is 5.79 Å². The molecule has 0 bridgehead atoms. The van der Waals surface area contributed by atoms with Gasteiger partial charge in [-0.1, -0.05) is 40.4 Å². The van der Waals surface area contributed by atoms with Gasteiger partial charge >= 0.3 is 0 Å². The second-order valence-corrected chi connectivity index (χ2v) is 14.3. The zero-order valence-electron chi connectivity index (χ0n) is 13.7. The Morgan fingerprint density at radius 3 is 1.79 bits per heavy atom. The predicted molar refractivity (Wildman–Crippen MR) is 83.1 cm³/mol. The van der Waals surface area contributed by atoms with E-state index < -0.39 is 8.07 Å². The van der Waals surface area contributed by atoms with Crippen LogP contribution in [0.25, 0.3) is 0 Å². The molecule has 1 spiro atoms. The predicted octanol–water partition coefficient (Wildman–Crippen LogP) is 4.67. The van der Waals surface area contributed by atoms with Gasteiger partial charge in [0.2, 0.25) is 0 Å². The summed E-state index contributed by atoms with van der Waals surface area (Å²) in [5.41, 5.74) is 1.09. The van der Waals surface area contributed by atoms with Crippen LogP contribution < -0.4 is 0 Å². The van der Waals surface area contributed by atoms with Gasteiger partial charge in [-0.2, -0.15) is 0 Å². The molecule has 1 heterocycles. The summed E-state index contributed by atoms with van der Waals surface area (Å²) in [5, 5.41) is 0. The van der Waals surface area contributed by atoms with Crippen molar-refractivity contribution in [2.75, 3.05) is 13.2 Å². The lowest BCUT2D eigenvalue weighted by Crippen LogP contribution is -2.50. The average Bonchev–Trinajstić information content (AvgIpc) is 2.27. The molecule has 0 aromatic carbocycles. The van der Waals surface area contributed by atoms with E-state index in [0.29, 0.717) is 11.0 Å². The van der Waals surface area contributed by atoms with E-state index in [1.54, 1.807) is 0 Å². The summed E-state index contributed by atoms with van der Waals surface area (Å²) in [5.74, 6) is 0.595. The van der Waals surface area contributed by atoms with Crippen molar-refractivity contribution in [2.24, 2.45) is 11.3 Å². The number of hydrogen-bond acceptors (Lipinski definition) is 2.